The summed E-state index contributed by atoms with van der Waals surface area (Å²) in [6, 6.07) is 0. The average Bonchev–Trinajstić information content (AvgIpc) is 2.24. The Bertz CT molecular complexity index is 264. The molecule has 0 rings (SSSR count). The van der Waals surface area contributed by atoms with E-state index in [9.17, 15) is 4.79 Å². The van der Waals surface area contributed by atoms with Gasteiger partial charge < -0.3 is 4.74 Å². The fourth-order valence-electron chi connectivity index (χ4n) is 1.89. The molecular formula is C15H28O2. The van der Waals surface area contributed by atoms with E-state index in [0.717, 1.165) is 0 Å². The van der Waals surface area contributed by atoms with Gasteiger partial charge in [-0.25, -0.2) is 4.79 Å². The van der Waals surface area contributed by atoms with Crippen molar-refractivity contribution in [3.8, 4) is 0 Å². The summed E-state index contributed by atoms with van der Waals surface area (Å²) in [5.41, 5.74) is -0.535. The largest absolute Gasteiger partial charge is 0.456 e. The van der Waals surface area contributed by atoms with Crippen molar-refractivity contribution in [3.05, 3.63) is 12.7 Å². The summed E-state index contributed by atoms with van der Waals surface area (Å²) in [6.07, 6.45) is 4.82. The Kier molecular flexibility index (Phi) is 5.94. The SMILES string of the molecule is C=CC(=O)OC(C)(C)C(C)(C)C(C)CCCC. The molecule has 0 N–H and O–H groups in total. The van der Waals surface area contributed by atoms with Gasteiger partial charge in [0, 0.05) is 11.5 Å². The Morgan fingerprint density at radius 2 is 1.88 bits per heavy atom. The highest BCUT2D eigenvalue weighted by atomic mass is 16.6. The Morgan fingerprint density at radius 1 is 1.35 bits per heavy atom. The van der Waals surface area contributed by atoms with Crippen LogP contribution in [-0.4, -0.2) is 11.6 Å². The van der Waals surface area contributed by atoms with Gasteiger partial charge in [0.1, 0.15) is 5.60 Å². The minimum absolute atomic E-state index is 0.0547. The molecule has 0 heterocycles. The van der Waals surface area contributed by atoms with Crippen molar-refractivity contribution >= 4 is 5.97 Å². The molecule has 0 amide bonds. The Hall–Kier alpha value is -0.790. The number of esters is 1. The van der Waals surface area contributed by atoms with Crippen LogP contribution in [0.5, 0.6) is 0 Å². The second-order valence-corrected chi connectivity index (χ2v) is 5.90. The van der Waals surface area contributed by atoms with Crippen molar-refractivity contribution < 1.29 is 9.53 Å². The Labute approximate surface area is 106 Å². The van der Waals surface area contributed by atoms with Crippen molar-refractivity contribution in [2.24, 2.45) is 11.3 Å². The third kappa shape index (κ3) is 4.18. The average molecular weight is 240 g/mol. The van der Waals surface area contributed by atoms with Gasteiger partial charge >= 0.3 is 5.97 Å². The van der Waals surface area contributed by atoms with Crippen LogP contribution in [0.1, 0.15) is 60.8 Å². The standard InChI is InChI=1S/C15H28O2/c1-8-10-11-12(3)14(4,5)15(6,7)17-13(16)9-2/h9,12H,2,8,10-11H2,1,3-7H3. The van der Waals surface area contributed by atoms with Gasteiger partial charge in [0.25, 0.3) is 0 Å². The summed E-state index contributed by atoms with van der Waals surface area (Å²) in [7, 11) is 0. The zero-order valence-electron chi connectivity index (χ0n) is 12.3. The lowest BCUT2D eigenvalue weighted by Gasteiger charge is -2.45. The summed E-state index contributed by atoms with van der Waals surface area (Å²) < 4.78 is 5.50. The molecule has 0 radical (unpaired) electrons. The van der Waals surface area contributed by atoms with Crippen LogP contribution in [0, 0.1) is 11.3 Å². The maximum absolute atomic E-state index is 11.4. The molecule has 0 aromatic rings. The van der Waals surface area contributed by atoms with E-state index in [2.05, 4.69) is 34.3 Å². The second-order valence-electron chi connectivity index (χ2n) is 5.90. The van der Waals surface area contributed by atoms with Crippen LogP contribution in [0.15, 0.2) is 12.7 Å². The lowest BCUT2D eigenvalue weighted by molar-refractivity contribution is -0.167. The van der Waals surface area contributed by atoms with Gasteiger partial charge in [0.2, 0.25) is 0 Å². The second kappa shape index (κ2) is 6.23. The molecule has 0 saturated carbocycles. The number of ether oxygens (including phenoxy) is 1. The number of unbranched alkanes of at least 4 members (excludes halogenated alkanes) is 1. The third-order valence-electron chi connectivity index (χ3n) is 4.30. The van der Waals surface area contributed by atoms with Crippen molar-refractivity contribution in [2.75, 3.05) is 0 Å². The highest BCUT2D eigenvalue weighted by Gasteiger charge is 2.43. The van der Waals surface area contributed by atoms with Crippen molar-refractivity contribution in [1.29, 1.82) is 0 Å². The van der Waals surface area contributed by atoms with Crippen molar-refractivity contribution in [1.82, 2.24) is 0 Å². The minimum Gasteiger partial charge on any atom is -0.456 e. The summed E-state index contributed by atoms with van der Waals surface area (Å²) in [5.74, 6) is 0.167. The lowest BCUT2D eigenvalue weighted by Crippen LogP contribution is -2.46. The first kappa shape index (κ1) is 16.2. The van der Waals surface area contributed by atoms with Gasteiger partial charge in [0.15, 0.2) is 0 Å². The van der Waals surface area contributed by atoms with E-state index in [1.807, 2.05) is 13.8 Å². The van der Waals surface area contributed by atoms with Crippen molar-refractivity contribution in [2.45, 2.75) is 66.4 Å². The first-order valence-corrected chi connectivity index (χ1v) is 6.54. The first-order chi connectivity index (χ1) is 7.69. The fraction of sp³-hybridized carbons (Fsp3) is 0.800. The van der Waals surface area contributed by atoms with E-state index in [4.69, 9.17) is 4.74 Å². The molecule has 0 saturated heterocycles. The molecule has 0 bridgehead atoms. The van der Waals surface area contributed by atoms with E-state index >= 15 is 0 Å². The molecule has 0 aromatic carbocycles. The first-order valence-electron chi connectivity index (χ1n) is 6.54. The minimum atomic E-state index is -0.481. The summed E-state index contributed by atoms with van der Waals surface area (Å²) in [5, 5.41) is 0. The molecule has 0 aliphatic heterocycles. The summed E-state index contributed by atoms with van der Waals surface area (Å²) in [4.78, 5) is 11.4. The molecule has 100 valence electrons. The molecule has 1 atom stereocenters. The molecule has 0 aromatic heterocycles. The number of hydrogen-bond acceptors (Lipinski definition) is 2. The molecule has 17 heavy (non-hydrogen) atoms. The summed E-state index contributed by atoms with van der Waals surface area (Å²) in [6.45, 7) is 16.2. The van der Waals surface area contributed by atoms with E-state index in [1.165, 1.54) is 25.3 Å². The molecule has 0 spiro atoms. The summed E-state index contributed by atoms with van der Waals surface area (Å²) >= 11 is 0. The van der Waals surface area contributed by atoms with Crippen LogP contribution in [0.4, 0.5) is 0 Å². The van der Waals surface area contributed by atoms with Crippen LogP contribution < -0.4 is 0 Å². The number of rotatable bonds is 7. The van der Waals surface area contributed by atoms with Crippen LogP contribution in [0.25, 0.3) is 0 Å². The topological polar surface area (TPSA) is 26.3 Å². The predicted molar refractivity (Wildman–Crippen MR) is 72.8 cm³/mol. The van der Waals surface area contributed by atoms with E-state index in [1.54, 1.807) is 0 Å². The van der Waals surface area contributed by atoms with Crippen molar-refractivity contribution in [3.63, 3.8) is 0 Å². The van der Waals surface area contributed by atoms with E-state index in [0.29, 0.717) is 5.92 Å². The van der Waals surface area contributed by atoms with Gasteiger partial charge in [0.05, 0.1) is 0 Å². The normalized spacial score (nSPS) is 14.2. The van der Waals surface area contributed by atoms with Crippen LogP contribution in [-0.2, 0) is 9.53 Å². The molecule has 0 fully saturated rings. The highest BCUT2D eigenvalue weighted by Crippen LogP contribution is 2.42. The highest BCUT2D eigenvalue weighted by molar-refractivity contribution is 5.81. The van der Waals surface area contributed by atoms with Gasteiger partial charge in [-0.3, -0.25) is 0 Å². The molecule has 0 aliphatic carbocycles. The number of carbonyl (C=O) groups excluding carboxylic acids is 1. The monoisotopic (exact) mass is 240 g/mol. The molecule has 1 unspecified atom stereocenters. The smallest absolute Gasteiger partial charge is 0.330 e. The maximum atomic E-state index is 11.4. The Morgan fingerprint density at radius 3 is 2.29 bits per heavy atom. The predicted octanol–water partition coefficient (Wildman–Crippen LogP) is 4.35. The molecule has 2 nitrogen and oxygen atoms in total. The third-order valence-corrected chi connectivity index (χ3v) is 4.30. The van der Waals surface area contributed by atoms with Gasteiger partial charge in [-0.1, -0.05) is 53.5 Å². The molecule has 0 aliphatic rings. The zero-order valence-corrected chi connectivity index (χ0v) is 12.3. The number of hydrogen-bond donors (Lipinski definition) is 0. The van der Waals surface area contributed by atoms with Crippen LogP contribution in [0.3, 0.4) is 0 Å². The van der Waals surface area contributed by atoms with Crippen LogP contribution in [0.2, 0.25) is 0 Å². The maximum Gasteiger partial charge on any atom is 0.330 e. The fourth-order valence-corrected chi connectivity index (χ4v) is 1.89. The van der Waals surface area contributed by atoms with E-state index < -0.39 is 5.60 Å². The zero-order chi connectivity index (χ0) is 13.7. The van der Waals surface area contributed by atoms with E-state index in [-0.39, 0.29) is 11.4 Å². The molecular weight excluding hydrogens is 212 g/mol. The van der Waals surface area contributed by atoms with Gasteiger partial charge in [-0.05, 0) is 19.8 Å². The Balaban J connectivity index is 4.74. The lowest BCUT2D eigenvalue weighted by atomic mass is 9.67. The van der Waals surface area contributed by atoms with Gasteiger partial charge in [-0.15, -0.1) is 0 Å². The molecule has 2 heteroatoms. The van der Waals surface area contributed by atoms with Crippen LogP contribution >= 0.6 is 0 Å². The quantitative estimate of drug-likeness (QED) is 0.488. The van der Waals surface area contributed by atoms with Gasteiger partial charge in [-0.2, -0.15) is 0 Å². The number of carbonyl (C=O) groups is 1.